The van der Waals surface area contributed by atoms with Gasteiger partial charge >= 0.3 is 0 Å². The Hall–Kier alpha value is 0.687. The van der Waals surface area contributed by atoms with E-state index < -0.39 is 5.57 Å². The highest BCUT2D eigenvalue weighted by atomic mass is 127. The molecule has 2 heteroatoms. The van der Waals surface area contributed by atoms with Crippen LogP contribution >= 0.6 is 21.8 Å². The molecule has 0 spiro atoms. The van der Waals surface area contributed by atoms with Crippen LogP contribution in [0.3, 0.4) is 0 Å². The average Bonchev–Trinajstić information content (AvgIpc) is 1.84. The maximum atomic E-state index is 2.69. The summed E-state index contributed by atoms with van der Waals surface area (Å²) in [7, 11) is 0. The molecule has 0 aromatic rings. The fraction of sp³-hybridized carbons (Fsp3) is 0.750. The Morgan fingerprint density at radius 1 is 1.50 bits per heavy atom. The van der Waals surface area contributed by atoms with E-state index in [9.17, 15) is 0 Å². The van der Waals surface area contributed by atoms with Crippen LogP contribution in [0.2, 0.25) is 18.6 Å². The SMILES string of the molecule is CC=CC[Si](C)(I)CCC. The zero-order valence-electron chi connectivity index (χ0n) is 7.15. The third-order valence-corrected chi connectivity index (χ3v) is 7.12. The highest BCUT2D eigenvalue weighted by Crippen LogP contribution is 2.25. The van der Waals surface area contributed by atoms with E-state index >= 15 is 0 Å². The number of halogens is 1. The molecular weight excluding hydrogens is 251 g/mol. The van der Waals surface area contributed by atoms with E-state index in [4.69, 9.17) is 0 Å². The van der Waals surface area contributed by atoms with Crippen molar-refractivity contribution in [2.45, 2.75) is 38.9 Å². The van der Waals surface area contributed by atoms with E-state index in [1.165, 1.54) is 18.5 Å². The first-order chi connectivity index (χ1) is 4.62. The third kappa shape index (κ3) is 5.47. The second-order valence-electron chi connectivity index (χ2n) is 2.94. The summed E-state index contributed by atoms with van der Waals surface area (Å²) < 4.78 is 0. The van der Waals surface area contributed by atoms with Gasteiger partial charge in [0.1, 0.15) is 5.57 Å². The monoisotopic (exact) mass is 268 g/mol. The standard InChI is InChI=1S/C8H17ISi/c1-4-6-8-10(3,9)7-5-2/h4,6H,5,7-8H2,1-3H3. The third-order valence-electron chi connectivity index (χ3n) is 1.55. The molecule has 1 atom stereocenters. The summed E-state index contributed by atoms with van der Waals surface area (Å²) in [4.78, 5) is 0. The van der Waals surface area contributed by atoms with Gasteiger partial charge in [0.25, 0.3) is 0 Å². The highest BCUT2D eigenvalue weighted by Gasteiger charge is 2.19. The zero-order valence-corrected chi connectivity index (χ0v) is 10.3. The Kier molecular flexibility index (Phi) is 5.72. The van der Waals surface area contributed by atoms with E-state index in [-0.39, 0.29) is 0 Å². The summed E-state index contributed by atoms with van der Waals surface area (Å²) in [6.07, 6.45) is 5.83. The Morgan fingerprint density at radius 3 is 2.50 bits per heavy atom. The van der Waals surface area contributed by atoms with Gasteiger partial charge in [-0.15, -0.1) is 21.8 Å². The predicted octanol–water partition coefficient (Wildman–Crippen LogP) is 3.98. The van der Waals surface area contributed by atoms with E-state index in [0.717, 1.165) is 0 Å². The Balaban J connectivity index is 3.62. The van der Waals surface area contributed by atoms with E-state index in [2.05, 4.69) is 54.3 Å². The molecule has 0 aliphatic heterocycles. The van der Waals surface area contributed by atoms with Crippen LogP contribution in [0, 0.1) is 0 Å². The molecule has 0 fully saturated rings. The van der Waals surface area contributed by atoms with Crippen molar-refractivity contribution in [3.05, 3.63) is 12.2 Å². The molecule has 0 rings (SSSR count). The Bertz CT molecular complexity index is 108. The lowest BCUT2D eigenvalue weighted by Gasteiger charge is -2.15. The molecule has 0 radical (unpaired) electrons. The minimum Gasteiger partial charge on any atom is -0.119 e. The molecule has 0 aromatic carbocycles. The van der Waals surface area contributed by atoms with Crippen LogP contribution in [-0.4, -0.2) is 5.57 Å². The molecule has 1 unspecified atom stereocenters. The van der Waals surface area contributed by atoms with Crippen LogP contribution in [0.5, 0.6) is 0 Å². The molecule has 10 heavy (non-hydrogen) atoms. The van der Waals surface area contributed by atoms with Crippen molar-refractivity contribution in [3.8, 4) is 0 Å². The van der Waals surface area contributed by atoms with E-state index in [1.807, 2.05) is 0 Å². The van der Waals surface area contributed by atoms with Crippen molar-refractivity contribution in [3.63, 3.8) is 0 Å². The van der Waals surface area contributed by atoms with Gasteiger partial charge in [0.05, 0.1) is 0 Å². The van der Waals surface area contributed by atoms with Crippen LogP contribution < -0.4 is 0 Å². The summed E-state index contributed by atoms with van der Waals surface area (Å²) in [6.45, 7) is 6.84. The number of rotatable bonds is 4. The van der Waals surface area contributed by atoms with Crippen molar-refractivity contribution in [1.82, 2.24) is 0 Å². The lowest BCUT2D eigenvalue weighted by atomic mass is 10.6. The maximum absolute atomic E-state index is 2.69. The molecule has 0 saturated carbocycles. The van der Waals surface area contributed by atoms with Gasteiger partial charge in [0, 0.05) is 0 Å². The fourth-order valence-electron chi connectivity index (χ4n) is 0.987. The minimum absolute atomic E-state index is 0.841. The Morgan fingerprint density at radius 2 is 2.10 bits per heavy atom. The smallest absolute Gasteiger partial charge is 0.119 e. The first kappa shape index (κ1) is 10.7. The molecule has 0 aliphatic carbocycles. The normalized spacial score (nSPS) is 17.6. The minimum atomic E-state index is -0.841. The van der Waals surface area contributed by atoms with Gasteiger partial charge in [0.15, 0.2) is 0 Å². The van der Waals surface area contributed by atoms with Crippen LogP contribution in [0.15, 0.2) is 12.2 Å². The van der Waals surface area contributed by atoms with E-state index in [1.54, 1.807) is 0 Å². The van der Waals surface area contributed by atoms with Gasteiger partial charge in [-0.05, 0) is 19.0 Å². The summed E-state index contributed by atoms with van der Waals surface area (Å²) in [5.74, 6) is 0. The first-order valence-corrected chi connectivity index (χ1v) is 9.95. The molecule has 0 bridgehead atoms. The van der Waals surface area contributed by atoms with Gasteiger partial charge in [0.2, 0.25) is 0 Å². The number of hydrogen-bond donors (Lipinski definition) is 0. The van der Waals surface area contributed by atoms with Gasteiger partial charge in [-0.25, -0.2) is 0 Å². The summed E-state index contributed by atoms with van der Waals surface area (Å²) in [5, 5.41) is 0. The second-order valence-corrected chi connectivity index (χ2v) is 14.5. The quantitative estimate of drug-likeness (QED) is 0.313. The second kappa shape index (κ2) is 5.35. The topological polar surface area (TPSA) is 0 Å². The molecule has 0 saturated heterocycles. The number of hydrogen-bond acceptors (Lipinski definition) is 0. The van der Waals surface area contributed by atoms with Crippen molar-refractivity contribution >= 4 is 27.4 Å². The van der Waals surface area contributed by atoms with Crippen LogP contribution in [0.1, 0.15) is 20.3 Å². The van der Waals surface area contributed by atoms with Crippen LogP contribution in [-0.2, 0) is 0 Å². The number of allylic oxidation sites excluding steroid dienone is 2. The molecule has 0 N–H and O–H groups in total. The van der Waals surface area contributed by atoms with Crippen molar-refractivity contribution in [2.24, 2.45) is 0 Å². The Labute approximate surface area is 78.3 Å². The van der Waals surface area contributed by atoms with E-state index in [0.29, 0.717) is 0 Å². The molecule has 0 nitrogen and oxygen atoms in total. The average molecular weight is 268 g/mol. The predicted molar refractivity (Wildman–Crippen MR) is 60.4 cm³/mol. The highest BCUT2D eigenvalue weighted by molar-refractivity contribution is 14.1. The maximum Gasteiger partial charge on any atom is 0.126 e. The van der Waals surface area contributed by atoms with Gasteiger partial charge < -0.3 is 0 Å². The summed E-state index contributed by atoms with van der Waals surface area (Å²) in [5.41, 5.74) is -0.841. The van der Waals surface area contributed by atoms with Crippen LogP contribution in [0.4, 0.5) is 0 Å². The van der Waals surface area contributed by atoms with Gasteiger partial charge in [-0.3, -0.25) is 0 Å². The summed E-state index contributed by atoms with van der Waals surface area (Å²) >= 11 is 2.69. The molecular formula is C8H17ISi. The van der Waals surface area contributed by atoms with Crippen molar-refractivity contribution in [2.75, 3.05) is 0 Å². The zero-order chi connectivity index (χ0) is 8.04. The molecule has 0 aliphatic rings. The van der Waals surface area contributed by atoms with Gasteiger partial charge in [-0.2, -0.15) is 0 Å². The van der Waals surface area contributed by atoms with Crippen molar-refractivity contribution < 1.29 is 0 Å². The fourth-order valence-corrected chi connectivity index (χ4v) is 5.34. The largest absolute Gasteiger partial charge is 0.126 e. The summed E-state index contributed by atoms with van der Waals surface area (Å²) in [6, 6.07) is 2.80. The molecule has 0 heterocycles. The molecule has 60 valence electrons. The lowest BCUT2D eigenvalue weighted by molar-refractivity contribution is 1.06. The first-order valence-electron chi connectivity index (χ1n) is 3.92. The van der Waals surface area contributed by atoms with Crippen molar-refractivity contribution in [1.29, 1.82) is 0 Å². The van der Waals surface area contributed by atoms with Gasteiger partial charge in [-0.1, -0.05) is 32.0 Å². The van der Waals surface area contributed by atoms with Crippen LogP contribution in [0.25, 0.3) is 0 Å². The lowest BCUT2D eigenvalue weighted by Crippen LogP contribution is -2.18. The molecule has 0 amide bonds. The molecule has 0 aromatic heterocycles.